The Morgan fingerprint density at radius 3 is 3.05 bits per heavy atom. The van der Waals surface area contributed by atoms with Gasteiger partial charge in [-0.15, -0.1) is 0 Å². The van der Waals surface area contributed by atoms with Crippen LogP contribution in [0.2, 0.25) is 0 Å². The summed E-state index contributed by atoms with van der Waals surface area (Å²) in [5.41, 5.74) is 0.592. The summed E-state index contributed by atoms with van der Waals surface area (Å²) in [6, 6.07) is 4.50. The van der Waals surface area contributed by atoms with E-state index in [0.717, 1.165) is 5.82 Å². The summed E-state index contributed by atoms with van der Waals surface area (Å²) >= 11 is 0. The SMILES string of the molecule is COc1ccc(/C=C/C(=O)NCCc2ncc[nH]2)cc1F. The van der Waals surface area contributed by atoms with E-state index in [1.807, 2.05) is 0 Å². The van der Waals surface area contributed by atoms with Crippen molar-refractivity contribution >= 4 is 12.0 Å². The number of aromatic nitrogens is 2. The predicted molar refractivity (Wildman–Crippen MR) is 77.3 cm³/mol. The van der Waals surface area contributed by atoms with E-state index in [1.165, 1.54) is 25.3 Å². The van der Waals surface area contributed by atoms with Gasteiger partial charge in [0.25, 0.3) is 0 Å². The molecule has 110 valence electrons. The molecule has 0 saturated carbocycles. The molecule has 1 aromatic carbocycles. The zero-order chi connectivity index (χ0) is 15.1. The Balaban J connectivity index is 1.82. The number of hydrogen-bond donors (Lipinski definition) is 2. The standard InChI is InChI=1S/C15H16FN3O2/c1-21-13-4-2-11(10-12(13)16)3-5-15(20)19-7-6-14-17-8-9-18-14/h2-5,8-10H,6-7H2,1H3,(H,17,18)(H,19,20)/b5-3+. The fourth-order valence-corrected chi connectivity index (χ4v) is 1.76. The molecule has 0 unspecified atom stereocenters. The molecule has 1 amide bonds. The van der Waals surface area contributed by atoms with Crippen LogP contribution in [0.15, 0.2) is 36.7 Å². The van der Waals surface area contributed by atoms with Gasteiger partial charge in [0.2, 0.25) is 5.91 Å². The smallest absolute Gasteiger partial charge is 0.244 e. The average molecular weight is 289 g/mol. The number of H-pyrrole nitrogens is 1. The van der Waals surface area contributed by atoms with E-state index in [9.17, 15) is 9.18 Å². The van der Waals surface area contributed by atoms with Crippen molar-refractivity contribution in [1.82, 2.24) is 15.3 Å². The third-order valence-corrected chi connectivity index (χ3v) is 2.82. The molecule has 0 radical (unpaired) electrons. The minimum atomic E-state index is -0.460. The van der Waals surface area contributed by atoms with E-state index in [4.69, 9.17) is 4.74 Å². The Bertz CT molecular complexity index is 624. The van der Waals surface area contributed by atoms with Gasteiger partial charge in [-0.2, -0.15) is 0 Å². The highest BCUT2D eigenvalue weighted by Gasteiger charge is 2.02. The molecule has 1 aromatic heterocycles. The van der Waals surface area contributed by atoms with E-state index in [2.05, 4.69) is 15.3 Å². The molecule has 0 bridgehead atoms. The van der Waals surface area contributed by atoms with Crippen molar-refractivity contribution < 1.29 is 13.9 Å². The van der Waals surface area contributed by atoms with Crippen LogP contribution >= 0.6 is 0 Å². The Morgan fingerprint density at radius 1 is 1.52 bits per heavy atom. The van der Waals surface area contributed by atoms with Crippen LogP contribution in [-0.2, 0) is 11.2 Å². The van der Waals surface area contributed by atoms with Crippen molar-refractivity contribution in [2.24, 2.45) is 0 Å². The first-order valence-electron chi connectivity index (χ1n) is 6.47. The van der Waals surface area contributed by atoms with Crippen LogP contribution in [0.1, 0.15) is 11.4 Å². The van der Waals surface area contributed by atoms with Gasteiger partial charge >= 0.3 is 0 Å². The summed E-state index contributed by atoms with van der Waals surface area (Å²) in [6.45, 7) is 0.480. The topological polar surface area (TPSA) is 67.0 Å². The Kier molecular flexibility index (Phi) is 5.09. The highest BCUT2D eigenvalue weighted by Crippen LogP contribution is 2.18. The molecule has 0 aliphatic carbocycles. The molecule has 2 rings (SSSR count). The molecular weight excluding hydrogens is 273 g/mol. The summed E-state index contributed by atoms with van der Waals surface area (Å²) in [5, 5.41) is 2.72. The maximum Gasteiger partial charge on any atom is 0.244 e. The molecule has 0 aliphatic heterocycles. The van der Waals surface area contributed by atoms with E-state index in [-0.39, 0.29) is 11.7 Å². The minimum absolute atomic E-state index is 0.176. The molecule has 0 spiro atoms. The van der Waals surface area contributed by atoms with Crippen molar-refractivity contribution in [3.05, 3.63) is 53.9 Å². The number of hydrogen-bond acceptors (Lipinski definition) is 3. The quantitative estimate of drug-likeness (QED) is 0.799. The highest BCUT2D eigenvalue weighted by molar-refractivity contribution is 5.91. The number of benzene rings is 1. The molecule has 2 aromatic rings. The summed E-state index contributed by atoms with van der Waals surface area (Å²) in [6.07, 6.45) is 6.93. The first kappa shape index (κ1) is 14.8. The maximum absolute atomic E-state index is 13.5. The number of carbonyl (C=O) groups is 1. The minimum Gasteiger partial charge on any atom is -0.494 e. The van der Waals surface area contributed by atoms with Gasteiger partial charge in [0.05, 0.1) is 7.11 Å². The van der Waals surface area contributed by atoms with Gasteiger partial charge in [-0.25, -0.2) is 9.37 Å². The summed E-state index contributed by atoms with van der Waals surface area (Å²) < 4.78 is 18.3. The van der Waals surface area contributed by atoms with Gasteiger partial charge in [-0.3, -0.25) is 4.79 Å². The van der Waals surface area contributed by atoms with E-state index < -0.39 is 5.82 Å². The van der Waals surface area contributed by atoms with Crippen LogP contribution in [0.25, 0.3) is 6.08 Å². The second kappa shape index (κ2) is 7.23. The lowest BCUT2D eigenvalue weighted by Gasteiger charge is -2.02. The van der Waals surface area contributed by atoms with Crippen LogP contribution in [0, 0.1) is 5.82 Å². The molecule has 0 atom stereocenters. The number of nitrogens with one attached hydrogen (secondary N) is 2. The van der Waals surface area contributed by atoms with Gasteiger partial charge in [-0.1, -0.05) is 6.07 Å². The molecule has 21 heavy (non-hydrogen) atoms. The monoisotopic (exact) mass is 289 g/mol. The van der Waals surface area contributed by atoms with Gasteiger partial charge in [0, 0.05) is 31.4 Å². The molecule has 0 saturated heterocycles. The number of imidazole rings is 1. The second-order valence-corrected chi connectivity index (χ2v) is 4.30. The molecular formula is C15H16FN3O2. The third kappa shape index (κ3) is 4.45. The van der Waals surface area contributed by atoms with E-state index in [0.29, 0.717) is 18.5 Å². The average Bonchev–Trinajstić information content (AvgIpc) is 2.98. The van der Waals surface area contributed by atoms with Crippen molar-refractivity contribution in [2.75, 3.05) is 13.7 Å². The number of carbonyl (C=O) groups excluding carboxylic acids is 1. The largest absolute Gasteiger partial charge is 0.494 e. The van der Waals surface area contributed by atoms with Crippen LogP contribution in [0.5, 0.6) is 5.75 Å². The molecule has 0 aliphatic rings. The van der Waals surface area contributed by atoms with Crippen molar-refractivity contribution in [3.63, 3.8) is 0 Å². The van der Waals surface area contributed by atoms with E-state index >= 15 is 0 Å². The fourth-order valence-electron chi connectivity index (χ4n) is 1.76. The zero-order valence-electron chi connectivity index (χ0n) is 11.6. The van der Waals surface area contributed by atoms with Gasteiger partial charge < -0.3 is 15.0 Å². The number of aromatic amines is 1. The normalized spacial score (nSPS) is 10.8. The van der Waals surface area contributed by atoms with Gasteiger partial charge in [-0.05, 0) is 23.8 Å². The Hall–Kier alpha value is -2.63. The van der Waals surface area contributed by atoms with Crippen molar-refractivity contribution in [3.8, 4) is 5.75 Å². The number of halogens is 1. The Morgan fingerprint density at radius 2 is 2.38 bits per heavy atom. The first-order chi connectivity index (χ1) is 10.2. The molecule has 5 nitrogen and oxygen atoms in total. The predicted octanol–water partition coefficient (Wildman–Crippen LogP) is 1.93. The zero-order valence-corrected chi connectivity index (χ0v) is 11.6. The Labute approximate surface area is 121 Å². The lowest BCUT2D eigenvalue weighted by molar-refractivity contribution is -0.116. The van der Waals surface area contributed by atoms with Crippen molar-refractivity contribution in [1.29, 1.82) is 0 Å². The van der Waals surface area contributed by atoms with Gasteiger partial charge in [0.15, 0.2) is 11.6 Å². The van der Waals surface area contributed by atoms with Crippen LogP contribution in [-0.4, -0.2) is 29.5 Å². The summed E-state index contributed by atoms with van der Waals surface area (Å²) in [5.74, 6) is 0.294. The van der Waals surface area contributed by atoms with Crippen LogP contribution in [0.4, 0.5) is 4.39 Å². The number of ether oxygens (including phenoxy) is 1. The lowest BCUT2D eigenvalue weighted by Crippen LogP contribution is -2.23. The highest BCUT2D eigenvalue weighted by atomic mass is 19.1. The molecule has 6 heteroatoms. The third-order valence-electron chi connectivity index (χ3n) is 2.82. The van der Waals surface area contributed by atoms with E-state index in [1.54, 1.807) is 24.5 Å². The van der Waals surface area contributed by atoms with Crippen LogP contribution < -0.4 is 10.1 Å². The molecule has 1 heterocycles. The molecule has 0 fully saturated rings. The summed E-state index contributed by atoms with van der Waals surface area (Å²) in [4.78, 5) is 18.6. The number of rotatable bonds is 6. The summed E-state index contributed by atoms with van der Waals surface area (Å²) in [7, 11) is 1.40. The first-order valence-corrected chi connectivity index (χ1v) is 6.47. The number of methoxy groups -OCH3 is 1. The maximum atomic E-state index is 13.5. The second-order valence-electron chi connectivity index (χ2n) is 4.30. The molecule has 2 N–H and O–H groups in total. The fraction of sp³-hybridized carbons (Fsp3) is 0.200. The van der Waals surface area contributed by atoms with Crippen molar-refractivity contribution in [2.45, 2.75) is 6.42 Å². The van der Waals surface area contributed by atoms with Crippen LogP contribution in [0.3, 0.4) is 0 Å². The number of amides is 1. The number of nitrogens with zero attached hydrogens (tertiary/aromatic N) is 1. The lowest BCUT2D eigenvalue weighted by atomic mass is 10.2. The van der Waals surface area contributed by atoms with Gasteiger partial charge in [0.1, 0.15) is 5.82 Å².